The second-order valence-electron chi connectivity index (χ2n) is 4.52. The highest BCUT2D eigenvalue weighted by Crippen LogP contribution is 2.31. The van der Waals surface area contributed by atoms with E-state index in [-0.39, 0.29) is 12.0 Å². The third-order valence-corrected chi connectivity index (χ3v) is 3.28. The third kappa shape index (κ3) is 2.56. The number of halogens is 1. The lowest BCUT2D eigenvalue weighted by atomic mass is 9.90. The van der Waals surface area contributed by atoms with Crippen molar-refractivity contribution in [3.63, 3.8) is 0 Å². The van der Waals surface area contributed by atoms with E-state index in [9.17, 15) is 0 Å². The molecule has 0 saturated carbocycles. The number of hydrogen-bond acceptors (Lipinski definition) is 3. The minimum absolute atomic E-state index is 0.0461. The van der Waals surface area contributed by atoms with Crippen LogP contribution in [0.3, 0.4) is 0 Å². The van der Waals surface area contributed by atoms with Crippen LogP contribution >= 0.6 is 15.9 Å². The predicted molar refractivity (Wildman–Crippen MR) is 64.5 cm³/mol. The van der Waals surface area contributed by atoms with E-state index in [4.69, 9.17) is 14.6 Å². The molecule has 1 heterocycles. The van der Waals surface area contributed by atoms with Gasteiger partial charge in [0.1, 0.15) is 5.75 Å². The van der Waals surface area contributed by atoms with Crippen molar-refractivity contribution in [2.24, 2.45) is 5.41 Å². The minimum Gasteiger partial charge on any atom is -0.492 e. The Hall–Kier alpha value is -0.580. The van der Waals surface area contributed by atoms with E-state index in [0.29, 0.717) is 6.61 Å². The van der Waals surface area contributed by atoms with Crippen LogP contribution in [0, 0.1) is 5.41 Å². The number of ether oxygens (including phenoxy) is 2. The summed E-state index contributed by atoms with van der Waals surface area (Å²) in [5.41, 5.74) is 1.02. The molecule has 0 atom stereocenters. The summed E-state index contributed by atoms with van der Waals surface area (Å²) in [5.74, 6) is 0.810. The Morgan fingerprint density at radius 3 is 2.75 bits per heavy atom. The molecule has 0 aromatic heterocycles. The molecule has 0 unspecified atom stereocenters. The molecular weight excluding hydrogens is 272 g/mol. The molecule has 1 aliphatic rings. The largest absolute Gasteiger partial charge is 0.492 e. The minimum atomic E-state index is 0.0461. The van der Waals surface area contributed by atoms with E-state index in [1.54, 1.807) is 0 Å². The molecule has 1 fully saturated rings. The van der Waals surface area contributed by atoms with Crippen molar-refractivity contribution < 1.29 is 14.6 Å². The molecule has 1 aliphatic heterocycles. The molecular formula is C12H15BrO3. The number of hydrogen-bond donors (Lipinski definition) is 1. The maximum Gasteiger partial charge on any atom is 0.133 e. The normalized spacial score (nSPS) is 17.9. The van der Waals surface area contributed by atoms with Crippen molar-refractivity contribution in [1.29, 1.82) is 0 Å². The molecule has 4 heteroatoms. The number of aliphatic hydroxyl groups excluding tert-OH is 1. The van der Waals surface area contributed by atoms with Gasteiger partial charge < -0.3 is 14.6 Å². The highest BCUT2D eigenvalue weighted by Gasteiger charge is 2.34. The Morgan fingerprint density at radius 1 is 1.50 bits per heavy atom. The maximum atomic E-state index is 8.98. The van der Waals surface area contributed by atoms with Crippen molar-refractivity contribution >= 4 is 15.9 Å². The molecule has 1 N–H and O–H groups in total. The molecule has 1 aromatic carbocycles. The fourth-order valence-electron chi connectivity index (χ4n) is 1.55. The van der Waals surface area contributed by atoms with Crippen LogP contribution in [-0.2, 0) is 11.3 Å². The van der Waals surface area contributed by atoms with Crippen LogP contribution in [0.1, 0.15) is 12.5 Å². The van der Waals surface area contributed by atoms with Crippen molar-refractivity contribution in [3.8, 4) is 5.75 Å². The second kappa shape index (κ2) is 4.73. The predicted octanol–water partition coefficient (Wildman–Crippen LogP) is 2.36. The zero-order valence-electron chi connectivity index (χ0n) is 9.20. The molecule has 1 saturated heterocycles. The number of benzene rings is 1. The molecule has 88 valence electrons. The quantitative estimate of drug-likeness (QED) is 0.924. The summed E-state index contributed by atoms with van der Waals surface area (Å²) in [6, 6.07) is 5.60. The molecule has 0 aliphatic carbocycles. The monoisotopic (exact) mass is 286 g/mol. The van der Waals surface area contributed by atoms with E-state index in [1.807, 2.05) is 18.2 Å². The van der Waals surface area contributed by atoms with Crippen LogP contribution in [0.4, 0.5) is 0 Å². The van der Waals surface area contributed by atoms with E-state index < -0.39 is 0 Å². The molecule has 2 rings (SSSR count). The Morgan fingerprint density at radius 2 is 2.25 bits per heavy atom. The topological polar surface area (TPSA) is 38.7 Å². The fraction of sp³-hybridized carbons (Fsp3) is 0.500. The zero-order chi connectivity index (χ0) is 11.6. The van der Waals surface area contributed by atoms with Gasteiger partial charge in [-0.2, -0.15) is 0 Å². The summed E-state index contributed by atoms with van der Waals surface area (Å²) in [6.07, 6.45) is 0. The molecule has 0 radical (unpaired) electrons. The van der Waals surface area contributed by atoms with Crippen molar-refractivity contribution in [1.82, 2.24) is 0 Å². The highest BCUT2D eigenvalue weighted by atomic mass is 79.9. The van der Waals surface area contributed by atoms with E-state index in [1.165, 1.54) is 0 Å². The molecule has 0 spiro atoms. The van der Waals surface area contributed by atoms with Crippen molar-refractivity contribution in [2.45, 2.75) is 13.5 Å². The molecule has 16 heavy (non-hydrogen) atoms. The van der Waals surface area contributed by atoms with Gasteiger partial charge >= 0.3 is 0 Å². The lowest BCUT2D eigenvalue weighted by molar-refractivity contribution is -0.120. The van der Waals surface area contributed by atoms with Crippen LogP contribution < -0.4 is 4.74 Å². The summed E-state index contributed by atoms with van der Waals surface area (Å²) in [5, 5.41) is 8.98. The fourth-order valence-corrected chi connectivity index (χ4v) is 2.09. The van der Waals surface area contributed by atoms with E-state index in [2.05, 4.69) is 22.9 Å². The van der Waals surface area contributed by atoms with Gasteiger partial charge in [-0.25, -0.2) is 0 Å². The first kappa shape index (κ1) is 11.9. The van der Waals surface area contributed by atoms with Gasteiger partial charge in [0.15, 0.2) is 0 Å². The number of aliphatic hydroxyl groups is 1. The van der Waals surface area contributed by atoms with Crippen molar-refractivity contribution in [3.05, 3.63) is 28.2 Å². The molecule has 0 amide bonds. The van der Waals surface area contributed by atoms with Crippen LogP contribution in [0.2, 0.25) is 0 Å². The second-order valence-corrected chi connectivity index (χ2v) is 5.37. The highest BCUT2D eigenvalue weighted by molar-refractivity contribution is 9.10. The van der Waals surface area contributed by atoms with Crippen LogP contribution in [0.5, 0.6) is 5.75 Å². The Kier molecular flexibility index (Phi) is 3.52. The van der Waals surface area contributed by atoms with E-state index >= 15 is 0 Å². The average molecular weight is 287 g/mol. The van der Waals surface area contributed by atoms with Gasteiger partial charge in [0.25, 0.3) is 0 Å². The zero-order valence-corrected chi connectivity index (χ0v) is 10.8. The van der Waals surface area contributed by atoms with Crippen LogP contribution in [0.25, 0.3) is 0 Å². The Bertz CT molecular complexity index is 375. The van der Waals surface area contributed by atoms with Gasteiger partial charge in [-0.1, -0.05) is 13.0 Å². The van der Waals surface area contributed by atoms with Gasteiger partial charge in [0.05, 0.1) is 30.9 Å². The van der Waals surface area contributed by atoms with Gasteiger partial charge in [-0.05, 0) is 33.6 Å². The Balaban J connectivity index is 1.98. The molecule has 0 bridgehead atoms. The maximum absolute atomic E-state index is 8.98. The summed E-state index contributed by atoms with van der Waals surface area (Å²) in [7, 11) is 0. The first-order valence-corrected chi connectivity index (χ1v) is 6.02. The first-order valence-electron chi connectivity index (χ1n) is 5.23. The smallest absolute Gasteiger partial charge is 0.133 e. The molecule has 3 nitrogen and oxygen atoms in total. The first-order chi connectivity index (χ1) is 7.63. The lowest BCUT2D eigenvalue weighted by Crippen LogP contribution is -2.44. The average Bonchev–Trinajstić information content (AvgIpc) is 2.25. The summed E-state index contributed by atoms with van der Waals surface area (Å²) in [6.45, 7) is 4.37. The lowest BCUT2D eigenvalue weighted by Gasteiger charge is -2.37. The Labute approximate surface area is 104 Å². The standard InChI is InChI=1S/C12H15BrO3/c1-12(6-15-7-12)8-16-11-3-2-9(5-14)4-10(11)13/h2-4,14H,5-8H2,1H3. The third-order valence-electron chi connectivity index (χ3n) is 2.66. The van der Waals surface area contributed by atoms with Gasteiger partial charge in [-0.15, -0.1) is 0 Å². The van der Waals surface area contributed by atoms with Crippen molar-refractivity contribution in [2.75, 3.05) is 19.8 Å². The molecule has 1 aromatic rings. The van der Waals surface area contributed by atoms with Crippen LogP contribution in [0.15, 0.2) is 22.7 Å². The van der Waals surface area contributed by atoms with Crippen LogP contribution in [-0.4, -0.2) is 24.9 Å². The van der Waals surface area contributed by atoms with E-state index in [0.717, 1.165) is 29.0 Å². The summed E-state index contributed by atoms with van der Waals surface area (Å²) >= 11 is 3.43. The summed E-state index contributed by atoms with van der Waals surface area (Å²) in [4.78, 5) is 0. The SMILES string of the molecule is CC1(COc2ccc(CO)cc2Br)COC1. The summed E-state index contributed by atoms with van der Waals surface area (Å²) < 4.78 is 11.8. The van der Waals surface area contributed by atoms with Gasteiger partial charge in [0, 0.05) is 5.41 Å². The van der Waals surface area contributed by atoms with Gasteiger partial charge in [0.2, 0.25) is 0 Å². The number of rotatable bonds is 4. The van der Waals surface area contributed by atoms with Gasteiger partial charge in [-0.3, -0.25) is 0 Å².